The normalized spacial score (nSPS) is 31.1. The molecule has 0 N–H and O–H groups in total. The van der Waals surface area contributed by atoms with Gasteiger partial charge in [-0.1, -0.05) is 12.8 Å². The zero-order valence-electron chi connectivity index (χ0n) is 9.84. The Labute approximate surface area is 111 Å². The SMILES string of the molecule is O=C(CCC1CC1)OC1=NCCCS1(Cl)[N+](=O)[O-]. The first-order chi connectivity index (χ1) is 8.52. The van der Waals surface area contributed by atoms with Gasteiger partial charge in [-0.25, -0.2) is 4.99 Å². The van der Waals surface area contributed by atoms with Crippen molar-refractivity contribution in [3.8, 4) is 0 Å². The largest absolute Gasteiger partial charge is 0.397 e. The molecule has 0 spiro atoms. The molecule has 8 heteroatoms. The summed E-state index contributed by atoms with van der Waals surface area (Å²) in [5.74, 6) is 0.382. The van der Waals surface area contributed by atoms with Crippen LogP contribution in [0.4, 0.5) is 0 Å². The van der Waals surface area contributed by atoms with Crippen molar-refractivity contribution >= 4 is 31.3 Å². The predicted molar refractivity (Wildman–Crippen MR) is 70.3 cm³/mol. The lowest BCUT2D eigenvalue weighted by Gasteiger charge is -2.25. The van der Waals surface area contributed by atoms with Crippen molar-refractivity contribution in [2.24, 2.45) is 10.9 Å². The fourth-order valence-electron chi connectivity index (χ4n) is 1.72. The van der Waals surface area contributed by atoms with Crippen molar-refractivity contribution in [1.29, 1.82) is 0 Å². The van der Waals surface area contributed by atoms with Crippen molar-refractivity contribution in [3.05, 3.63) is 10.1 Å². The molecular formula is C10H15ClN2O4S. The predicted octanol–water partition coefficient (Wildman–Crippen LogP) is 2.63. The number of hydrogen-bond acceptors (Lipinski definition) is 5. The fraction of sp³-hybridized carbons (Fsp3) is 0.800. The fourth-order valence-corrected chi connectivity index (χ4v) is 3.76. The van der Waals surface area contributed by atoms with Gasteiger partial charge in [0.15, 0.2) is 9.43 Å². The van der Waals surface area contributed by atoms with Gasteiger partial charge >= 0.3 is 11.2 Å². The minimum absolute atomic E-state index is 0.166. The average Bonchev–Trinajstić information content (AvgIpc) is 3.13. The molecule has 1 fully saturated rings. The number of ether oxygens (including phenoxy) is 1. The first kappa shape index (κ1) is 13.6. The van der Waals surface area contributed by atoms with Crippen LogP contribution in [0.2, 0.25) is 0 Å². The van der Waals surface area contributed by atoms with Crippen LogP contribution >= 0.6 is 20.1 Å². The second-order valence-electron chi connectivity index (χ2n) is 4.51. The molecule has 0 aromatic carbocycles. The van der Waals surface area contributed by atoms with E-state index in [2.05, 4.69) is 4.99 Å². The van der Waals surface area contributed by atoms with Gasteiger partial charge in [-0.3, -0.25) is 14.9 Å². The lowest BCUT2D eigenvalue weighted by molar-refractivity contribution is -0.290. The van der Waals surface area contributed by atoms with Crippen LogP contribution in [0.15, 0.2) is 4.99 Å². The monoisotopic (exact) mass is 294 g/mol. The topological polar surface area (TPSA) is 81.8 Å². The smallest absolute Gasteiger partial charge is 0.313 e. The summed E-state index contributed by atoms with van der Waals surface area (Å²) in [6, 6.07) is 0. The Balaban J connectivity index is 1.94. The Morgan fingerprint density at radius 1 is 1.61 bits per heavy atom. The minimum atomic E-state index is -2.81. The zero-order chi connectivity index (χ0) is 13.2. The van der Waals surface area contributed by atoms with E-state index in [-0.39, 0.29) is 17.4 Å². The van der Waals surface area contributed by atoms with E-state index in [0.717, 1.165) is 19.3 Å². The third kappa shape index (κ3) is 3.14. The summed E-state index contributed by atoms with van der Waals surface area (Å²) in [5.41, 5.74) is 0. The van der Waals surface area contributed by atoms with Crippen molar-refractivity contribution in [2.45, 2.75) is 32.1 Å². The van der Waals surface area contributed by atoms with Crippen molar-refractivity contribution in [2.75, 3.05) is 12.3 Å². The number of nitrogens with zero attached hydrogens (tertiary/aromatic N) is 2. The quantitative estimate of drug-likeness (QED) is 0.453. The molecule has 0 aromatic rings. The van der Waals surface area contributed by atoms with E-state index in [1.165, 1.54) is 0 Å². The molecule has 0 bridgehead atoms. The van der Waals surface area contributed by atoms with Crippen LogP contribution in [0, 0.1) is 16.0 Å². The number of aliphatic imine (C=N–C) groups is 1. The molecule has 0 aromatic heterocycles. The molecule has 1 atom stereocenters. The third-order valence-corrected chi connectivity index (χ3v) is 6.22. The highest BCUT2D eigenvalue weighted by atomic mass is 35.7. The van der Waals surface area contributed by atoms with E-state index in [4.69, 9.17) is 15.4 Å². The summed E-state index contributed by atoms with van der Waals surface area (Å²) in [7, 11) is 3.16. The number of rotatable bonds is 4. The number of esters is 1. The van der Waals surface area contributed by atoms with Crippen molar-refractivity contribution in [3.63, 3.8) is 0 Å². The Kier molecular flexibility index (Phi) is 4.11. The summed E-state index contributed by atoms with van der Waals surface area (Å²) >= 11 is 0. The Morgan fingerprint density at radius 2 is 2.33 bits per heavy atom. The third-order valence-electron chi connectivity index (χ3n) is 2.97. The number of nitro groups is 1. The molecule has 18 heavy (non-hydrogen) atoms. The van der Waals surface area contributed by atoms with E-state index in [1.807, 2.05) is 0 Å². The summed E-state index contributed by atoms with van der Waals surface area (Å²) in [6.07, 6.45) is 3.95. The highest BCUT2D eigenvalue weighted by Gasteiger charge is 2.45. The molecule has 0 saturated heterocycles. The molecule has 0 radical (unpaired) electrons. The van der Waals surface area contributed by atoms with E-state index < -0.39 is 19.7 Å². The second-order valence-corrected chi connectivity index (χ2v) is 8.33. The molecule has 1 aliphatic carbocycles. The molecule has 102 valence electrons. The molecule has 1 heterocycles. The molecular weight excluding hydrogens is 280 g/mol. The van der Waals surface area contributed by atoms with Gasteiger partial charge in [-0.15, -0.1) is 0 Å². The lowest BCUT2D eigenvalue weighted by Crippen LogP contribution is -2.27. The van der Waals surface area contributed by atoms with Crippen LogP contribution < -0.4 is 0 Å². The van der Waals surface area contributed by atoms with Crippen LogP contribution in [-0.4, -0.2) is 27.8 Å². The summed E-state index contributed by atoms with van der Waals surface area (Å²) in [5, 5.41) is 10.8. The summed E-state index contributed by atoms with van der Waals surface area (Å²) in [6.45, 7) is 0.431. The van der Waals surface area contributed by atoms with Gasteiger partial charge in [-0.05, 0) is 18.8 Å². The summed E-state index contributed by atoms with van der Waals surface area (Å²) < 4.78 is 4.47. The molecule has 1 unspecified atom stereocenters. The number of carbonyl (C=O) groups is 1. The average molecular weight is 295 g/mol. The number of halogens is 1. The maximum absolute atomic E-state index is 11.6. The highest BCUT2D eigenvalue weighted by Crippen LogP contribution is 2.57. The summed E-state index contributed by atoms with van der Waals surface area (Å²) in [4.78, 5) is 26.5. The van der Waals surface area contributed by atoms with Gasteiger partial charge in [0.05, 0.1) is 10.1 Å². The van der Waals surface area contributed by atoms with E-state index in [0.29, 0.717) is 18.9 Å². The van der Waals surface area contributed by atoms with E-state index in [9.17, 15) is 14.9 Å². The molecule has 1 aliphatic heterocycles. The number of carbonyl (C=O) groups excluding carboxylic acids is 1. The zero-order valence-corrected chi connectivity index (χ0v) is 11.4. The Morgan fingerprint density at radius 3 is 2.94 bits per heavy atom. The highest BCUT2D eigenvalue weighted by molar-refractivity contribution is 8.56. The first-order valence-corrected chi connectivity index (χ1v) is 8.51. The van der Waals surface area contributed by atoms with Crippen molar-refractivity contribution in [1.82, 2.24) is 0 Å². The van der Waals surface area contributed by atoms with E-state index in [1.54, 1.807) is 0 Å². The number of hydrogen-bond donors (Lipinski definition) is 0. The lowest BCUT2D eigenvalue weighted by atomic mass is 10.2. The van der Waals surface area contributed by atoms with Crippen LogP contribution in [0.25, 0.3) is 0 Å². The van der Waals surface area contributed by atoms with Gasteiger partial charge < -0.3 is 4.74 Å². The molecule has 1 saturated carbocycles. The Hall–Kier alpha value is -0.820. The van der Waals surface area contributed by atoms with Gasteiger partial charge in [0.1, 0.15) is 0 Å². The molecule has 2 rings (SSSR count). The van der Waals surface area contributed by atoms with Crippen LogP contribution in [-0.2, 0) is 9.53 Å². The standard InChI is InChI=1S/C10H15ClN2O4S/c11-18(13(15)16)7-1-6-12-10(18)17-9(14)5-4-8-2-3-8/h8H,1-7H2. The second kappa shape index (κ2) is 5.44. The Bertz CT molecular complexity index is 399. The molecule has 2 aliphatic rings. The van der Waals surface area contributed by atoms with Crippen LogP contribution in [0.5, 0.6) is 0 Å². The van der Waals surface area contributed by atoms with Gasteiger partial charge in [0.25, 0.3) is 0 Å². The maximum Gasteiger partial charge on any atom is 0.313 e. The molecule has 6 nitrogen and oxygen atoms in total. The van der Waals surface area contributed by atoms with E-state index >= 15 is 0 Å². The van der Waals surface area contributed by atoms with Gasteiger partial charge in [-0.2, -0.15) is 0 Å². The van der Waals surface area contributed by atoms with Crippen LogP contribution in [0.1, 0.15) is 32.1 Å². The van der Waals surface area contributed by atoms with Crippen LogP contribution in [0.3, 0.4) is 0 Å². The minimum Gasteiger partial charge on any atom is -0.397 e. The maximum atomic E-state index is 11.6. The first-order valence-electron chi connectivity index (χ1n) is 5.93. The van der Waals surface area contributed by atoms with Crippen molar-refractivity contribution < 1.29 is 13.9 Å². The van der Waals surface area contributed by atoms with Gasteiger partial charge in [0, 0.05) is 23.6 Å². The molecule has 0 amide bonds. The van der Waals surface area contributed by atoms with Gasteiger partial charge in [0.2, 0.25) is 0 Å².